The molecule has 1 N–H and O–H groups in total. The Balaban J connectivity index is 2.16. The number of anilines is 1. The van der Waals surface area contributed by atoms with E-state index in [1.165, 1.54) is 29.8 Å². The lowest BCUT2D eigenvalue weighted by molar-refractivity contribution is 0.169. The van der Waals surface area contributed by atoms with E-state index in [1.54, 1.807) is 0 Å². The minimum Gasteiger partial charge on any atom is -0.371 e. The first-order valence-electron chi connectivity index (χ1n) is 7.41. The molecule has 1 heterocycles. The lowest BCUT2D eigenvalue weighted by Gasteiger charge is -2.45. The van der Waals surface area contributed by atoms with Crippen molar-refractivity contribution >= 4 is 5.69 Å². The molecule has 0 saturated carbocycles. The van der Waals surface area contributed by atoms with Crippen molar-refractivity contribution in [2.24, 2.45) is 11.3 Å². The van der Waals surface area contributed by atoms with E-state index < -0.39 is 0 Å². The van der Waals surface area contributed by atoms with E-state index in [4.69, 9.17) is 0 Å². The number of hydrogen-bond donors (Lipinski definition) is 1. The first kappa shape index (κ1) is 14.4. The summed E-state index contributed by atoms with van der Waals surface area (Å²) in [5, 5.41) is 3.36. The molecule has 2 rings (SSSR count). The fourth-order valence-corrected chi connectivity index (χ4v) is 2.98. The summed E-state index contributed by atoms with van der Waals surface area (Å²) >= 11 is 0. The van der Waals surface area contributed by atoms with Gasteiger partial charge in [-0.25, -0.2) is 0 Å². The van der Waals surface area contributed by atoms with Gasteiger partial charge in [-0.2, -0.15) is 0 Å². The molecule has 0 radical (unpaired) electrons. The first-order chi connectivity index (χ1) is 8.94. The summed E-state index contributed by atoms with van der Waals surface area (Å²) < 4.78 is 0. The molecule has 19 heavy (non-hydrogen) atoms. The highest BCUT2D eigenvalue weighted by atomic mass is 15.1. The van der Waals surface area contributed by atoms with Crippen molar-refractivity contribution in [2.75, 3.05) is 31.6 Å². The molecule has 0 aliphatic carbocycles. The fraction of sp³-hybridized carbons (Fsp3) is 0.647. The van der Waals surface area contributed by atoms with E-state index in [-0.39, 0.29) is 0 Å². The number of nitrogens with zero attached hydrogens (tertiary/aromatic N) is 1. The third kappa shape index (κ3) is 3.11. The third-order valence-corrected chi connectivity index (χ3v) is 4.88. The van der Waals surface area contributed by atoms with Gasteiger partial charge in [0, 0.05) is 18.8 Å². The molecule has 1 aliphatic heterocycles. The Bertz CT molecular complexity index is 437. The Morgan fingerprint density at radius 3 is 2.63 bits per heavy atom. The Morgan fingerprint density at radius 1 is 1.26 bits per heavy atom. The number of aryl methyl sites for hydroxylation is 2. The van der Waals surface area contributed by atoms with Gasteiger partial charge in [0.1, 0.15) is 0 Å². The number of nitrogens with one attached hydrogen (secondary N) is 1. The predicted molar refractivity (Wildman–Crippen MR) is 83.9 cm³/mol. The second-order valence-electron chi connectivity index (χ2n) is 6.71. The average molecular weight is 260 g/mol. The van der Waals surface area contributed by atoms with Crippen LogP contribution >= 0.6 is 0 Å². The summed E-state index contributed by atoms with van der Waals surface area (Å²) in [7, 11) is 2.06. The molecule has 1 saturated heterocycles. The van der Waals surface area contributed by atoms with Crippen LogP contribution in [-0.2, 0) is 0 Å². The summed E-state index contributed by atoms with van der Waals surface area (Å²) in [6.07, 6.45) is 1.27. The van der Waals surface area contributed by atoms with Crippen LogP contribution in [0, 0.1) is 25.2 Å². The molecule has 0 amide bonds. The van der Waals surface area contributed by atoms with Crippen LogP contribution in [0.5, 0.6) is 0 Å². The number of hydrogen-bond acceptors (Lipinski definition) is 2. The van der Waals surface area contributed by atoms with Gasteiger partial charge in [0.15, 0.2) is 0 Å². The highest BCUT2D eigenvalue weighted by Gasteiger charge is 2.35. The Hall–Kier alpha value is -1.02. The van der Waals surface area contributed by atoms with E-state index in [9.17, 15) is 0 Å². The number of benzene rings is 1. The maximum atomic E-state index is 3.36. The molecule has 2 heteroatoms. The van der Waals surface area contributed by atoms with Crippen molar-refractivity contribution in [1.82, 2.24) is 5.32 Å². The van der Waals surface area contributed by atoms with Gasteiger partial charge >= 0.3 is 0 Å². The van der Waals surface area contributed by atoms with Crippen molar-refractivity contribution in [2.45, 2.75) is 34.1 Å². The Morgan fingerprint density at radius 2 is 2.00 bits per heavy atom. The molecule has 1 aliphatic rings. The molecule has 106 valence electrons. The maximum absolute atomic E-state index is 3.36. The largest absolute Gasteiger partial charge is 0.371 e. The zero-order valence-corrected chi connectivity index (χ0v) is 13.1. The molecular formula is C17H28N2. The quantitative estimate of drug-likeness (QED) is 0.896. The third-order valence-electron chi connectivity index (χ3n) is 4.88. The van der Waals surface area contributed by atoms with Crippen LogP contribution < -0.4 is 10.2 Å². The lowest BCUT2D eigenvalue weighted by atomic mass is 9.73. The monoisotopic (exact) mass is 260 g/mol. The predicted octanol–water partition coefficient (Wildman–Crippen LogP) is 3.38. The van der Waals surface area contributed by atoms with Gasteiger partial charge < -0.3 is 10.2 Å². The molecule has 1 aromatic rings. The molecule has 0 aromatic heterocycles. The summed E-state index contributed by atoms with van der Waals surface area (Å²) in [4.78, 5) is 2.56. The van der Waals surface area contributed by atoms with E-state index in [0.29, 0.717) is 11.3 Å². The molecule has 2 nitrogen and oxygen atoms in total. The molecule has 1 unspecified atom stereocenters. The van der Waals surface area contributed by atoms with Crippen LogP contribution in [0.2, 0.25) is 0 Å². The maximum Gasteiger partial charge on any atom is 0.0369 e. The average Bonchev–Trinajstić information content (AvgIpc) is 2.35. The van der Waals surface area contributed by atoms with Crippen LogP contribution in [0.15, 0.2) is 18.2 Å². The fourth-order valence-electron chi connectivity index (χ4n) is 2.98. The van der Waals surface area contributed by atoms with Gasteiger partial charge in [-0.15, -0.1) is 0 Å². The van der Waals surface area contributed by atoms with Crippen LogP contribution in [0.4, 0.5) is 5.69 Å². The Labute approximate surface area is 118 Å². The van der Waals surface area contributed by atoms with Gasteiger partial charge in [0.25, 0.3) is 0 Å². The summed E-state index contributed by atoms with van der Waals surface area (Å²) in [6.45, 7) is 12.7. The van der Waals surface area contributed by atoms with Gasteiger partial charge in [0.05, 0.1) is 0 Å². The Kier molecular flexibility index (Phi) is 4.19. The minimum atomic E-state index is 0.444. The van der Waals surface area contributed by atoms with E-state index in [0.717, 1.165) is 13.1 Å². The van der Waals surface area contributed by atoms with E-state index in [2.05, 4.69) is 63.2 Å². The first-order valence-corrected chi connectivity index (χ1v) is 7.41. The molecular weight excluding hydrogens is 232 g/mol. The van der Waals surface area contributed by atoms with Crippen molar-refractivity contribution in [3.05, 3.63) is 29.3 Å². The van der Waals surface area contributed by atoms with Crippen molar-refractivity contribution in [1.29, 1.82) is 0 Å². The van der Waals surface area contributed by atoms with E-state index in [1.807, 2.05) is 0 Å². The highest BCUT2D eigenvalue weighted by Crippen LogP contribution is 2.37. The molecule has 1 aromatic carbocycles. The standard InChI is InChI=1S/C17H28N2/c1-13-6-7-16(10-14(13)2)19-9-8-17(3,4)15(12-19)11-18-5/h6-7,10,15,18H,8-9,11-12H2,1-5H3. The van der Waals surface area contributed by atoms with Crippen LogP contribution in [0.25, 0.3) is 0 Å². The zero-order chi connectivity index (χ0) is 14.0. The topological polar surface area (TPSA) is 15.3 Å². The van der Waals surface area contributed by atoms with Crippen LogP contribution in [0.1, 0.15) is 31.4 Å². The van der Waals surface area contributed by atoms with Gasteiger partial charge in [-0.05, 0) is 68.5 Å². The van der Waals surface area contributed by atoms with Crippen LogP contribution in [0.3, 0.4) is 0 Å². The summed E-state index contributed by atoms with van der Waals surface area (Å²) in [5.41, 5.74) is 4.61. The van der Waals surface area contributed by atoms with Crippen molar-refractivity contribution in [3.63, 3.8) is 0 Å². The normalized spacial score (nSPS) is 22.6. The van der Waals surface area contributed by atoms with Crippen LogP contribution in [-0.4, -0.2) is 26.7 Å². The SMILES string of the molecule is CNCC1CN(c2ccc(C)c(C)c2)CCC1(C)C. The molecule has 0 spiro atoms. The molecule has 0 bridgehead atoms. The molecule has 1 atom stereocenters. The van der Waals surface area contributed by atoms with Gasteiger partial charge in [-0.3, -0.25) is 0 Å². The number of piperidine rings is 1. The summed E-state index contributed by atoms with van der Waals surface area (Å²) in [6, 6.07) is 6.86. The molecule has 1 fully saturated rings. The second kappa shape index (κ2) is 5.54. The van der Waals surface area contributed by atoms with Gasteiger partial charge in [-0.1, -0.05) is 19.9 Å². The highest BCUT2D eigenvalue weighted by molar-refractivity contribution is 5.51. The minimum absolute atomic E-state index is 0.444. The smallest absolute Gasteiger partial charge is 0.0369 e. The summed E-state index contributed by atoms with van der Waals surface area (Å²) in [5.74, 6) is 0.716. The lowest BCUT2D eigenvalue weighted by Crippen LogP contribution is -2.48. The van der Waals surface area contributed by atoms with Gasteiger partial charge in [0.2, 0.25) is 0 Å². The van der Waals surface area contributed by atoms with Crippen molar-refractivity contribution in [3.8, 4) is 0 Å². The van der Waals surface area contributed by atoms with Crippen molar-refractivity contribution < 1.29 is 0 Å². The number of rotatable bonds is 3. The zero-order valence-electron chi connectivity index (χ0n) is 13.1. The second-order valence-corrected chi connectivity index (χ2v) is 6.71. The van der Waals surface area contributed by atoms with E-state index >= 15 is 0 Å².